The third-order valence-electron chi connectivity index (χ3n) is 6.60. The monoisotopic (exact) mass is 532 g/mol. The van der Waals surface area contributed by atoms with Crippen LogP contribution in [0.5, 0.6) is 0 Å². The Morgan fingerprint density at radius 3 is 2.35 bits per heavy atom. The maximum atomic E-state index is 14.1. The maximum absolute atomic E-state index is 14.1. The third-order valence-corrected chi connectivity index (χ3v) is 6.60. The lowest BCUT2D eigenvalue weighted by Gasteiger charge is -2.32. The fourth-order valence-corrected chi connectivity index (χ4v) is 4.59. The van der Waals surface area contributed by atoms with Crippen LogP contribution in [0.1, 0.15) is 34.0 Å². The van der Waals surface area contributed by atoms with Gasteiger partial charge < -0.3 is 25.0 Å². The number of hydrogen-bond donors (Lipinski definition) is 2. The standard InChI is InChI=1S/C23H26F6N6O2/c1-30-14(8-13-9-16(25)17(26)11-15(13)24)10-19(36)34-6-7-35-18(12-34)20(32-22(35)23(27,28)29)21(37)33-4-2-31-3-5-33/h9,11,14,30-31H,2-8,10,12H2,1H3/t14-/m1/s1. The zero-order valence-corrected chi connectivity index (χ0v) is 20.0. The zero-order valence-electron chi connectivity index (χ0n) is 20.0. The molecule has 2 N–H and O–H groups in total. The first-order valence-corrected chi connectivity index (χ1v) is 11.7. The number of aromatic nitrogens is 2. The molecule has 37 heavy (non-hydrogen) atoms. The van der Waals surface area contributed by atoms with Gasteiger partial charge in [-0.25, -0.2) is 18.2 Å². The minimum atomic E-state index is -4.78. The van der Waals surface area contributed by atoms with Crippen molar-refractivity contribution >= 4 is 11.8 Å². The molecule has 1 aromatic carbocycles. The van der Waals surface area contributed by atoms with Crippen LogP contribution in [-0.2, 0) is 30.5 Å². The first-order valence-electron chi connectivity index (χ1n) is 11.7. The fourth-order valence-electron chi connectivity index (χ4n) is 4.59. The molecule has 1 aromatic heterocycles. The summed E-state index contributed by atoms with van der Waals surface area (Å²) in [7, 11) is 1.51. The van der Waals surface area contributed by atoms with Crippen molar-refractivity contribution in [3.05, 3.63) is 52.4 Å². The van der Waals surface area contributed by atoms with E-state index in [9.17, 15) is 35.9 Å². The van der Waals surface area contributed by atoms with E-state index in [1.165, 1.54) is 16.8 Å². The number of amides is 2. The van der Waals surface area contributed by atoms with E-state index in [-0.39, 0.29) is 49.4 Å². The average molecular weight is 532 g/mol. The Balaban J connectivity index is 1.53. The number of alkyl halides is 3. The molecule has 0 unspecified atom stereocenters. The number of carbonyl (C=O) groups is 2. The van der Waals surface area contributed by atoms with E-state index in [1.807, 2.05) is 0 Å². The number of piperazine rings is 1. The molecule has 2 amide bonds. The minimum Gasteiger partial charge on any atom is -0.335 e. The zero-order chi connectivity index (χ0) is 26.9. The van der Waals surface area contributed by atoms with Gasteiger partial charge in [0.05, 0.1) is 12.2 Å². The van der Waals surface area contributed by atoms with Crippen LogP contribution < -0.4 is 10.6 Å². The molecule has 2 aliphatic rings. The molecule has 0 bridgehead atoms. The summed E-state index contributed by atoms with van der Waals surface area (Å²) >= 11 is 0. The van der Waals surface area contributed by atoms with Crippen LogP contribution in [0, 0.1) is 17.5 Å². The number of hydrogen-bond acceptors (Lipinski definition) is 5. The highest BCUT2D eigenvalue weighted by Crippen LogP contribution is 2.33. The number of likely N-dealkylation sites (N-methyl/N-ethyl adjacent to an activating group) is 1. The molecule has 4 rings (SSSR count). The highest BCUT2D eigenvalue weighted by Gasteiger charge is 2.42. The summed E-state index contributed by atoms with van der Waals surface area (Å²) in [5.74, 6) is -5.77. The molecular weight excluding hydrogens is 506 g/mol. The van der Waals surface area contributed by atoms with Crippen molar-refractivity contribution in [2.45, 2.75) is 38.1 Å². The molecule has 1 fully saturated rings. The molecule has 8 nitrogen and oxygen atoms in total. The van der Waals surface area contributed by atoms with Gasteiger partial charge in [0, 0.05) is 57.8 Å². The summed E-state index contributed by atoms with van der Waals surface area (Å²) in [6.45, 7) is 1.12. The molecule has 14 heteroatoms. The lowest BCUT2D eigenvalue weighted by Crippen LogP contribution is -2.47. The minimum absolute atomic E-state index is 0.00288. The Morgan fingerprint density at radius 1 is 1.03 bits per heavy atom. The van der Waals surface area contributed by atoms with Gasteiger partial charge in [0.1, 0.15) is 5.82 Å². The topological polar surface area (TPSA) is 82.5 Å². The van der Waals surface area contributed by atoms with Crippen LogP contribution in [0.4, 0.5) is 26.3 Å². The van der Waals surface area contributed by atoms with E-state index < -0.39 is 47.3 Å². The predicted molar refractivity (Wildman–Crippen MR) is 119 cm³/mol. The first kappa shape index (κ1) is 26.9. The number of fused-ring (bicyclic) bond motifs is 1. The molecule has 0 aliphatic carbocycles. The molecule has 0 saturated carbocycles. The molecular formula is C23H26F6N6O2. The van der Waals surface area contributed by atoms with Gasteiger partial charge in [0.2, 0.25) is 11.7 Å². The van der Waals surface area contributed by atoms with E-state index in [0.29, 0.717) is 32.2 Å². The van der Waals surface area contributed by atoms with Crippen LogP contribution >= 0.6 is 0 Å². The van der Waals surface area contributed by atoms with Gasteiger partial charge in [-0.3, -0.25) is 9.59 Å². The summed E-state index contributed by atoms with van der Waals surface area (Å²) < 4.78 is 82.9. The summed E-state index contributed by atoms with van der Waals surface area (Å²) in [6, 6.07) is 0.498. The number of nitrogens with one attached hydrogen (secondary N) is 2. The molecule has 0 radical (unpaired) electrons. The molecule has 202 valence electrons. The highest BCUT2D eigenvalue weighted by molar-refractivity contribution is 5.94. The van der Waals surface area contributed by atoms with Crippen molar-refractivity contribution < 1.29 is 35.9 Å². The van der Waals surface area contributed by atoms with E-state index >= 15 is 0 Å². The van der Waals surface area contributed by atoms with Gasteiger partial charge in [-0.05, 0) is 25.1 Å². The van der Waals surface area contributed by atoms with Crippen LogP contribution in [0.15, 0.2) is 12.1 Å². The Morgan fingerprint density at radius 2 is 1.70 bits per heavy atom. The fraction of sp³-hybridized carbons (Fsp3) is 0.522. The second-order valence-corrected chi connectivity index (χ2v) is 8.99. The number of halogens is 6. The highest BCUT2D eigenvalue weighted by atomic mass is 19.4. The molecule has 0 spiro atoms. The SMILES string of the molecule is CN[C@@H](CC(=O)N1CCn2c(C(F)(F)F)nc(C(=O)N3CCNCC3)c2C1)Cc1cc(F)c(F)cc1F. The Kier molecular flexibility index (Phi) is 7.78. The lowest BCUT2D eigenvalue weighted by atomic mass is 10.0. The van der Waals surface area contributed by atoms with Crippen LogP contribution in [0.2, 0.25) is 0 Å². The van der Waals surface area contributed by atoms with Gasteiger partial charge in [-0.1, -0.05) is 0 Å². The van der Waals surface area contributed by atoms with E-state index in [4.69, 9.17) is 0 Å². The second-order valence-electron chi connectivity index (χ2n) is 8.99. The summed E-state index contributed by atoms with van der Waals surface area (Å²) in [4.78, 5) is 32.5. The predicted octanol–water partition coefficient (Wildman–Crippen LogP) is 1.93. The molecule has 1 saturated heterocycles. The molecule has 2 aliphatic heterocycles. The van der Waals surface area contributed by atoms with Crippen molar-refractivity contribution in [1.82, 2.24) is 30.0 Å². The molecule has 3 heterocycles. The number of imidazole rings is 1. The first-order chi connectivity index (χ1) is 17.5. The van der Waals surface area contributed by atoms with Crippen molar-refractivity contribution in [2.24, 2.45) is 0 Å². The number of benzene rings is 1. The van der Waals surface area contributed by atoms with Crippen LogP contribution in [0.25, 0.3) is 0 Å². The summed E-state index contributed by atoms with van der Waals surface area (Å²) in [5.41, 5.74) is -0.453. The molecule has 1 atom stereocenters. The third kappa shape index (κ3) is 5.74. The van der Waals surface area contributed by atoms with E-state index in [1.54, 1.807) is 0 Å². The van der Waals surface area contributed by atoms with Gasteiger partial charge in [0.15, 0.2) is 17.3 Å². The van der Waals surface area contributed by atoms with Crippen molar-refractivity contribution in [2.75, 3.05) is 39.8 Å². The van der Waals surface area contributed by atoms with Crippen molar-refractivity contribution in [1.29, 1.82) is 0 Å². The van der Waals surface area contributed by atoms with E-state index in [0.717, 1.165) is 10.6 Å². The van der Waals surface area contributed by atoms with Crippen molar-refractivity contribution in [3.8, 4) is 0 Å². The summed E-state index contributed by atoms with van der Waals surface area (Å²) in [6.07, 6.45) is -5.09. The number of carbonyl (C=O) groups excluding carboxylic acids is 2. The van der Waals surface area contributed by atoms with Gasteiger partial charge >= 0.3 is 6.18 Å². The Hall–Kier alpha value is -3.13. The number of nitrogens with zero attached hydrogens (tertiary/aromatic N) is 4. The second kappa shape index (κ2) is 10.7. The number of rotatable bonds is 6. The quantitative estimate of drug-likeness (QED) is 0.439. The summed E-state index contributed by atoms with van der Waals surface area (Å²) in [5, 5.41) is 5.90. The normalized spacial score (nSPS) is 17.1. The smallest absolute Gasteiger partial charge is 0.335 e. The van der Waals surface area contributed by atoms with Gasteiger partial charge in [-0.15, -0.1) is 0 Å². The largest absolute Gasteiger partial charge is 0.449 e. The van der Waals surface area contributed by atoms with Gasteiger partial charge in [0.25, 0.3) is 5.91 Å². The van der Waals surface area contributed by atoms with Gasteiger partial charge in [-0.2, -0.15) is 13.2 Å². The maximum Gasteiger partial charge on any atom is 0.449 e. The van der Waals surface area contributed by atoms with Crippen molar-refractivity contribution in [3.63, 3.8) is 0 Å². The Labute approximate surface area is 208 Å². The van der Waals surface area contributed by atoms with Crippen LogP contribution in [-0.4, -0.2) is 77.0 Å². The lowest BCUT2D eigenvalue weighted by molar-refractivity contribution is -0.148. The van der Waals surface area contributed by atoms with Crippen LogP contribution in [0.3, 0.4) is 0 Å². The Bertz CT molecular complexity index is 1180. The van der Waals surface area contributed by atoms with E-state index in [2.05, 4.69) is 15.6 Å². The molecule has 2 aromatic rings. The average Bonchev–Trinajstić information content (AvgIpc) is 3.26.